The molecule has 0 aromatic heterocycles. The van der Waals surface area contributed by atoms with E-state index in [0.717, 1.165) is 7.05 Å². The summed E-state index contributed by atoms with van der Waals surface area (Å²) in [6.45, 7) is -1.84. The van der Waals surface area contributed by atoms with Crippen LogP contribution < -0.4 is 10.0 Å². The summed E-state index contributed by atoms with van der Waals surface area (Å²) in [6.07, 6.45) is -4.86. The van der Waals surface area contributed by atoms with Crippen LogP contribution >= 0.6 is 0 Å². The fourth-order valence-corrected chi connectivity index (χ4v) is 1.44. The number of sulfonamides is 1. The van der Waals surface area contributed by atoms with E-state index in [1.807, 2.05) is 4.72 Å². The lowest BCUT2D eigenvalue weighted by Gasteiger charge is -2.17. The number of halogens is 3. The summed E-state index contributed by atoms with van der Waals surface area (Å²) in [5.41, 5.74) is 0. The van der Waals surface area contributed by atoms with E-state index in [1.165, 1.54) is 0 Å². The Morgan fingerprint density at radius 3 is 2.29 bits per heavy atom. The van der Waals surface area contributed by atoms with Gasteiger partial charge in [0.25, 0.3) is 0 Å². The molecule has 0 aliphatic heterocycles. The largest absolute Gasteiger partial charge is 0.402 e. The highest BCUT2D eigenvalue weighted by atomic mass is 32.2. The quantitative estimate of drug-likeness (QED) is 0.570. The number of hydrogen-bond acceptors (Lipinski definition) is 4. The van der Waals surface area contributed by atoms with Gasteiger partial charge in [0.2, 0.25) is 15.9 Å². The summed E-state index contributed by atoms with van der Waals surface area (Å²) in [5, 5.41) is 10.2. The van der Waals surface area contributed by atoms with Gasteiger partial charge in [-0.2, -0.15) is 13.2 Å². The molecule has 0 aromatic carbocycles. The lowest BCUT2D eigenvalue weighted by Crippen LogP contribution is -2.43. The first-order valence-electron chi connectivity index (χ1n) is 4.50. The minimum absolute atomic E-state index is 0.464. The zero-order valence-corrected chi connectivity index (χ0v) is 9.73. The lowest BCUT2D eigenvalue weighted by molar-refractivity contribution is -0.189. The van der Waals surface area contributed by atoms with Gasteiger partial charge in [-0.25, -0.2) is 13.1 Å². The van der Waals surface area contributed by atoms with Gasteiger partial charge in [0.05, 0.1) is 12.4 Å². The Balaban J connectivity index is 4.28. The summed E-state index contributed by atoms with van der Waals surface area (Å²) >= 11 is 0. The second-order valence-corrected chi connectivity index (χ2v) is 5.14. The second-order valence-electron chi connectivity index (χ2n) is 3.09. The highest BCUT2D eigenvalue weighted by Gasteiger charge is 2.44. The molecule has 0 spiro atoms. The number of alkyl halides is 3. The first-order valence-corrected chi connectivity index (χ1v) is 6.15. The van der Waals surface area contributed by atoms with Gasteiger partial charge in [-0.3, -0.25) is 4.79 Å². The van der Waals surface area contributed by atoms with E-state index in [4.69, 9.17) is 5.11 Å². The fraction of sp³-hybridized carbons (Fsp3) is 0.857. The Morgan fingerprint density at radius 2 is 1.94 bits per heavy atom. The normalized spacial score (nSPS) is 14.4. The van der Waals surface area contributed by atoms with Crippen molar-refractivity contribution in [1.82, 2.24) is 10.0 Å². The van der Waals surface area contributed by atoms with Crippen molar-refractivity contribution in [3.63, 3.8) is 0 Å². The van der Waals surface area contributed by atoms with Gasteiger partial charge in [-0.15, -0.1) is 0 Å². The van der Waals surface area contributed by atoms with Crippen LogP contribution in [0.4, 0.5) is 13.2 Å². The van der Waals surface area contributed by atoms with Crippen LogP contribution in [0.1, 0.15) is 0 Å². The molecule has 17 heavy (non-hydrogen) atoms. The minimum atomic E-state index is -4.86. The van der Waals surface area contributed by atoms with Crippen LogP contribution in [0.15, 0.2) is 0 Å². The van der Waals surface area contributed by atoms with Crippen molar-refractivity contribution in [2.24, 2.45) is 5.92 Å². The summed E-state index contributed by atoms with van der Waals surface area (Å²) in [6, 6.07) is 0. The van der Waals surface area contributed by atoms with Crippen LogP contribution in [0.5, 0.6) is 0 Å². The number of nitrogens with one attached hydrogen (secondary N) is 2. The molecule has 102 valence electrons. The van der Waals surface area contributed by atoms with Gasteiger partial charge in [0.1, 0.15) is 0 Å². The van der Waals surface area contributed by atoms with Crippen molar-refractivity contribution >= 4 is 15.9 Å². The Bertz CT molecular complexity index is 355. The van der Waals surface area contributed by atoms with E-state index >= 15 is 0 Å². The molecule has 0 heterocycles. The van der Waals surface area contributed by atoms with E-state index in [1.54, 1.807) is 5.32 Å². The molecule has 0 radical (unpaired) electrons. The predicted molar refractivity (Wildman–Crippen MR) is 52.5 cm³/mol. The third kappa shape index (κ3) is 5.84. The predicted octanol–water partition coefficient (Wildman–Crippen LogP) is -1.18. The zero-order valence-electron chi connectivity index (χ0n) is 8.91. The number of aliphatic hydroxyl groups is 1. The molecule has 0 bridgehead atoms. The number of hydrogen-bond donors (Lipinski definition) is 3. The smallest absolute Gasteiger partial charge is 0.395 e. The summed E-state index contributed by atoms with van der Waals surface area (Å²) in [7, 11) is -2.45. The lowest BCUT2D eigenvalue weighted by atomic mass is 10.1. The van der Waals surface area contributed by atoms with Crippen LogP contribution in [0, 0.1) is 5.92 Å². The van der Waals surface area contributed by atoms with Crippen LogP contribution in [0.3, 0.4) is 0 Å². The fourth-order valence-electron chi connectivity index (χ4n) is 0.869. The van der Waals surface area contributed by atoms with E-state index in [2.05, 4.69) is 0 Å². The molecule has 0 fully saturated rings. The van der Waals surface area contributed by atoms with Gasteiger partial charge < -0.3 is 10.4 Å². The maximum Gasteiger partial charge on any atom is 0.402 e. The summed E-state index contributed by atoms with van der Waals surface area (Å²) in [4.78, 5) is 11.0. The third-order valence-electron chi connectivity index (χ3n) is 1.88. The molecule has 1 unspecified atom stereocenters. The molecular formula is C7H13F3N2O4S. The van der Waals surface area contributed by atoms with Crippen LogP contribution in [-0.4, -0.2) is 51.6 Å². The van der Waals surface area contributed by atoms with Crippen molar-refractivity contribution in [2.75, 3.05) is 26.0 Å². The van der Waals surface area contributed by atoms with Gasteiger partial charge in [-0.1, -0.05) is 0 Å². The standard InChI is InChI=1S/C7H13F3N2O4S/c1-11-17(15,16)3-2-12-6(14)5(4-13)7(8,9)10/h5,11,13H,2-4H2,1H3,(H,12,14). The SMILES string of the molecule is CNS(=O)(=O)CCNC(=O)C(CO)C(F)(F)F. The Morgan fingerprint density at radius 1 is 1.41 bits per heavy atom. The molecular weight excluding hydrogens is 265 g/mol. The summed E-state index contributed by atoms with van der Waals surface area (Å²) in [5.74, 6) is -4.53. The van der Waals surface area contributed by atoms with Crippen molar-refractivity contribution in [2.45, 2.75) is 6.18 Å². The average Bonchev–Trinajstić information content (AvgIpc) is 2.16. The Labute approximate surface area is 96.2 Å². The summed E-state index contributed by atoms with van der Waals surface area (Å²) < 4.78 is 60.1. The number of carbonyl (C=O) groups is 1. The monoisotopic (exact) mass is 278 g/mol. The van der Waals surface area contributed by atoms with Gasteiger partial charge in [0.15, 0.2) is 5.92 Å². The molecule has 0 aliphatic rings. The molecule has 10 heteroatoms. The zero-order chi connectivity index (χ0) is 13.7. The highest BCUT2D eigenvalue weighted by molar-refractivity contribution is 7.89. The minimum Gasteiger partial charge on any atom is -0.395 e. The van der Waals surface area contributed by atoms with Crippen LogP contribution in [-0.2, 0) is 14.8 Å². The molecule has 3 N–H and O–H groups in total. The molecule has 0 aliphatic carbocycles. The van der Waals surface area contributed by atoms with E-state index in [-0.39, 0.29) is 0 Å². The molecule has 0 aromatic rings. The van der Waals surface area contributed by atoms with E-state index in [9.17, 15) is 26.4 Å². The molecule has 0 rings (SSSR count). The van der Waals surface area contributed by atoms with Crippen LogP contribution in [0.2, 0.25) is 0 Å². The third-order valence-corrected chi connectivity index (χ3v) is 3.24. The molecule has 0 saturated heterocycles. The maximum atomic E-state index is 12.1. The van der Waals surface area contributed by atoms with Crippen molar-refractivity contribution in [3.8, 4) is 0 Å². The van der Waals surface area contributed by atoms with Gasteiger partial charge >= 0.3 is 6.18 Å². The number of carbonyl (C=O) groups excluding carboxylic acids is 1. The van der Waals surface area contributed by atoms with Gasteiger partial charge in [-0.05, 0) is 7.05 Å². The Kier molecular flexibility index (Phi) is 5.85. The number of rotatable bonds is 6. The first kappa shape index (κ1) is 16.1. The van der Waals surface area contributed by atoms with E-state index < -0.39 is 46.9 Å². The van der Waals surface area contributed by atoms with Gasteiger partial charge in [0, 0.05) is 6.54 Å². The molecule has 1 amide bonds. The number of amides is 1. The maximum absolute atomic E-state index is 12.1. The number of aliphatic hydroxyl groups excluding tert-OH is 1. The second kappa shape index (κ2) is 6.17. The Hall–Kier alpha value is -0.870. The molecule has 1 atom stereocenters. The van der Waals surface area contributed by atoms with Crippen LogP contribution in [0.25, 0.3) is 0 Å². The van der Waals surface area contributed by atoms with E-state index in [0.29, 0.717) is 0 Å². The average molecular weight is 278 g/mol. The topological polar surface area (TPSA) is 95.5 Å². The van der Waals surface area contributed by atoms with Crippen molar-refractivity contribution < 1.29 is 31.5 Å². The molecule has 0 saturated carbocycles. The van der Waals surface area contributed by atoms with Crippen molar-refractivity contribution in [1.29, 1.82) is 0 Å². The van der Waals surface area contributed by atoms with Crippen molar-refractivity contribution in [3.05, 3.63) is 0 Å². The first-order chi connectivity index (χ1) is 7.64. The highest BCUT2D eigenvalue weighted by Crippen LogP contribution is 2.25. The molecule has 6 nitrogen and oxygen atoms in total.